The third kappa shape index (κ3) is 3.48. The molecule has 0 amide bonds. The summed E-state index contributed by atoms with van der Waals surface area (Å²) in [7, 11) is -3.82. The zero-order chi connectivity index (χ0) is 24.2. The summed E-state index contributed by atoms with van der Waals surface area (Å²) in [5.41, 5.74) is 7.78. The number of fused-ring (bicyclic) bond motifs is 3. The van der Waals surface area contributed by atoms with Crippen molar-refractivity contribution in [1.29, 1.82) is 5.26 Å². The quantitative estimate of drug-likeness (QED) is 0.379. The molecule has 4 aromatic heterocycles. The molecular weight excluding hydrogens is 482 g/mol. The van der Waals surface area contributed by atoms with Crippen molar-refractivity contribution in [3.8, 4) is 16.8 Å². The van der Waals surface area contributed by atoms with E-state index in [4.69, 9.17) is 10.7 Å². The van der Waals surface area contributed by atoms with Gasteiger partial charge >= 0.3 is 0 Å². The molecule has 6 rings (SSSR count). The van der Waals surface area contributed by atoms with Gasteiger partial charge in [-0.2, -0.15) is 5.26 Å². The van der Waals surface area contributed by atoms with Gasteiger partial charge in [0.2, 0.25) is 0 Å². The highest BCUT2D eigenvalue weighted by atomic mass is 32.2. The van der Waals surface area contributed by atoms with Crippen LogP contribution in [0.1, 0.15) is 31.7 Å². The van der Waals surface area contributed by atoms with Crippen LogP contribution in [0.5, 0.6) is 0 Å². The number of hydrogen-bond donors (Lipinski definition) is 1. The zero-order valence-electron chi connectivity index (χ0n) is 18.6. The fraction of sp³-hybridized carbons (Fsp3) is 0.250. The molecule has 1 fully saturated rings. The van der Waals surface area contributed by atoms with Crippen molar-refractivity contribution in [2.75, 3.05) is 5.73 Å². The molecule has 9 nitrogen and oxygen atoms in total. The molecule has 0 saturated heterocycles. The van der Waals surface area contributed by atoms with Gasteiger partial charge in [-0.25, -0.2) is 27.3 Å². The van der Waals surface area contributed by atoms with Gasteiger partial charge in [0.25, 0.3) is 10.0 Å². The molecule has 4 heterocycles. The molecule has 176 valence electrons. The van der Waals surface area contributed by atoms with Crippen LogP contribution in [0.15, 0.2) is 59.9 Å². The van der Waals surface area contributed by atoms with E-state index in [-0.39, 0.29) is 16.9 Å². The Balaban J connectivity index is 1.59. The number of rotatable bonds is 4. The normalized spacial score (nSPS) is 18.7. The average Bonchev–Trinajstić information content (AvgIpc) is 3.60. The van der Waals surface area contributed by atoms with Gasteiger partial charge in [0.05, 0.1) is 33.8 Å². The fourth-order valence-electron chi connectivity index (χ4n) is 4.93. The summed E-state index contributed by atoms with van der Waals surface area (Å²) < 4.78 is 30.2. The van der Waals surface area contributed by atoms with Crippen LogP contribution in [-0.4, -0.2) is 31.9 Å². The molecule has 11 heteroatoms. The first-order chi connectivity index (χ1) is 17.0. The van der Waals surface area contributed by atoms with Gasteiger partial charge in [0.1, 0.15) is 5.52 Å². The maximum absolute atomic E-state index is 13.4. The van der Waals surface area contributed by atoms with Gasteiger partial charge in [-0.3, -0.25) is 0 Å². The number of nitrogens with two attached hydrogens (primary N) is 1. The maximum atomic E-state index is 13.4. The van der Waals surface area contributed by atoms with Crippen molar-refractivity contribution in [2.45, 2.75) is 36.6 Å². The summed E-state index contributed by atoms with van der Waals surface area (Å²) in [5, 5.41) is 10.5. The Hall–Kier alpha value is -3.75. The molecule has 0 bridgehead atoms. The van der Waals surface area contributed by atoms with E-state index in [1.807, 2.05) is 0 Å². The molecule has 0 radical (unpaired) electrons. The number of pyridine rings is 1. The molecule has 0 aliphatic heterocycles. The van der Waals surface area contributed by atoms with Gasteiger partial charge in [-0.05, 0) is 43.9 Å². The Morgan fingerprint density at radius 1 is 1.06 bits per heavy atom. The Bertz CT molecular complexity index is 1700. The van der Waals surface area contributed by atoms with Gasteiger partial charge in [-0.15, -0.1) is 0 Å². The lowest BCUT2D eigenvalue weighted by Crippen LogP contribution is -2.18. The van der Waals surface area contributed by atoms with Crippen LogP contribution in [-0.2, 0) is 10.0 Å². The molecule has 0 atom stereocenters. The van der Waals surface area contributed by atoms with Gasteiger partial charge < -0.3 is 10.3 Å². The molecular formula is C24H21N7O2S2. The van der Waals surface area contributed by atoms with E-state index in [2.05, 4.69) is 20.6 Å². The van der Waals surface area contributed by atoms with Crippen LogP contribution in [0.4, 0.5) is 5.13 Å². The van der Waals surface area contributed by atoms with Crippen molar-refractivity contribution in [2.24, 2.45) is 5.92 Å². The van der Waals surface area contributed by atoms with Gasteiger partial charge in [-0.1, -0.05) is 29.5 Å². The van der Waals surface area contributed by atoms with Crippen molar-refractivity contribution >= 4 is 48.6 Å². The predicted octanol–water partition coefficient (Wildman–Crippen LogP) is 4.58. The lowest BCUT2D eigenvalue weighted by atomic mass is 9.86. The number of aromatic nitrogens is 5. The van der Waals surface area contributed by atoms with E-state index in [0.29, 0.717) is 21.7 Å². The molecule has 1 aliphatic rings. The zero-order valence-corrected chi connectivity index (χ0v) is 20.2. The SMILES string of the molecule is N#CC1CCC(n2c(-c3cnc(N)s3)nc3cnc4c(ccn4S(=O)(=O)c4ccccc4)c32)CC1. The van der Waals surface area contributed by atoms with Crippen molar-refractivity contribution in [3.05, 3.63) is 55.0 Å². The monoisotopic (exact) mass is 503 g/mol. The molecule has 1 saturated carbocycles. The Labute approximate surface area is 205 Å². The Morgan fingerprint density at radius 2 is 1.83 bits per heavy atom. The molecule has 1 aromatic carbocycles. The minimum Gasteiger partial charge on any atom is -0.375 e. The summed E-state index contributed by atoms with van der Waals surface area (Å²) in [6.45, 7) is 0. The molecule has 35 heavy (non-hydrogen) atoms. The summed E-state index contributed by atoms with van der Waals surface area (Å²) in [6.07, 6.45) is 8.17. The minimum absolute atomic E-state index is 0.0577. The lowest BCUT2D eigenvalue weighted by Gasteiger charge is -2.27. The highest BCUT2D eigenvalue weighted by Crippen LogP contribution is 2.41. The topological polar surface area (TPSA) is 132 Å². The molecule has 0 spiro atoms. The number of thiazole rings is 1. The van der Waals surface area contributed by atoms with Crippen LogP contribution < -0.4 is 5.73 Å². The first-order valence-corrected chi connectivity index (χ1v) is 13.5. The first kappa shape index (κ1) is 21.8. The maximum Gasteiger partial charge on any atom is 0.269 e. The number of nitrogens with zero attached hydrogens (tertiary/aromatic N) is 6. The summed E-state index contributed by atoms with van der Waals surface area (Å²) in [5.74, 6) is 0.796. The summed E-state index contributed by atoms with van der Waals surface area (Å²) in [4.78, 5) is 14.6. The highest BCUT2D eigenvalue weighted by molar-refractivity contribution is 7.90. The third-order valence-electron chi connectivity index (χ3n) is 6.62. The second-order valence-electron chi connectivity index (χ2n) is 8.66. The van der Waals surface area contributed by atoms with E-state index in [1.54, 1.807) is 55.0 Å². The van der Waals surface area contributed by atoms with E-state index < -0.39 is 10.0 Å². The van der Waals surface area contributed by atoms with Crippen molar-refractivity contribution < 1.29 is 8.42 Å². The number of hydrogen-bond acceptors (Lipinski definition) is 8. The molecule has 1 aliphatic carbocycles. The molecule has 0 unspecified atom stereocenters. The number of nitriles is 1. The average molecular weight is 504 g/mol. The second-order valence-corrected chi connectivity index (χ2v) is 11.5. The van der Waals surface area contributed by atoms with E-state index in [0.717, 1.165) is 41.9 Å². The Morgan fingerprint density at radius 3 is 2.51 bits per heavy atom. The van der Waals surface area contributed by atoms with Crippen LogP contribution in [0, 0.1) is 17.2 Å². The smallest absolute Gasteiger partial charge is 0.269 e. The van der Waals surface area contributed by atoms with Gasteiger partial charge in [0, 0.05) is 23.5 Å². The molecule has 2 N–H and O–H groups in total. The van der Waals surface area contributed by atoms with Crippen molar-refractivity contribution in [1.82, 2.24) is 23.5 Å². The highest BCUT2D eigenvalue weighted by Gasteiger charge is 2.29. The van der Waals surface area contributed by atoms with Crippen LogP contribution in [0.25, 0.3) is 32.8 Å². The third-order valence-corrected chi connectivity index (χ3v) is 9.12. The van der Waals surface area contributed by atoms with E-state index in [1.165, 1.54) is 15.3 Å². The number of anilines is 1. The summed E-state index contributed by atoms with van der Waals surface area (Å²) in [6, 6.07) is 12.6. The number of imidazole rings is 1. The largest absolute Gasteiger partial charge is 0.375 e. The minimum atomic E-state index is -3.82. The second kappa shape index (κ2) is 8.18. The fourth-order valence-corrected chi connectivity index (χ4v) is 6.92. The van der Waals surface area contributed by atoms with Crippen LogP contribution in [0.2, 0.25) is 0 Å². The van der Waals surface area contributed by atoms with Gasteiger partial charge in [0.15, 0.2) is 16.6 Å². The van der Waals surface area contributed by atoms with E-state index in [9.17, 15) is 13.7 Å². The van der Waals surface area contributed by atoms with Crippen LogP contribution >= 0.6 is 11.3 Å². The molecule has 5 aromatic rings. The van der Waals surface area contributed by atoms with Crippen molar-refractivity contribution in [3.63, 3.8) is 0 Å². The predicted molar refractivity (Wildman–Crippen MR) is 134 cm³/mol. The lowest BCUT2D eigenvalue weighted by molar-refractivity contribution is 0.320. The first-order valence-electron chi connectivity index (χ1n) is 11.3. The van der Waals surface area contributed by atoms with E-state index >= 15 is 0 Å². The van der Waals surface area contributed by atoms with Crippen LogP contribution in [0.3, 0.4) is 0 Å². The number of nitrogen functional groups attached to an aromatic ring is 1. The summed E-state index contributed by atoms with van der Waals surface area (Å²) >= 11 is 1.36. The standard InChI is InChI=1S/C24H21N7O2S2/c25-12-15-6-8-16(9-7-15)31-21-18-10-11-30(35(32,33)17-4-2-1-3-5-17)22(18)27-13-19(21)29-23(31)20-14-28-24(26)34-20/h1-5,10-11,13-16H,6-9H2,(H2,26,28). The number of benzene rings is 1. The Kier molecular flexibility index (Phi) is 5.09.